The van der Waals surface area contributed by atoms with Gasteiger partial charge in [0.1, 0.15) is 6.04 Å². The molecule has 10 nitrogen and oxygen atoms in total. The van der Waals surface area contributed by atoms with Gasteiger partial charge < -0.3 is 25.0 Å². The maximum atomic E-state index is 14.0. The van der Waals surface area contributed by atoms with Crippen molar-refractivity contribution in [2.45, 2.75) is 38.3 Å². The van der Waals surface area contributed by atoms with Gasteiger partial charge in [-0.05, 0) is 67.3 Å². The van der Waals surface area contributed by atoms with E-state index in [1.54, 1.807) is 41.3 Å². The number of nitrogens with one attached hydrogen (secondary N) is 2. The highest BCUT2D eigenvalue weighted by molar-refractivity contribution is 6.00. The SMILES string of the molecule is COc1cc(CN(C(=O)c2cccc(N3CCNC3=O)c2)[C@H]2CCCCNC2=O)ccc1OCCc1ccccn1. The van der Waals surface area contributed by atoms with Crippen molar-refractivity contribution in [1.29, 1.82) is 0 Å². The monoisotopic (exact) mass is 557 g/mol. The van der Waals surface area contributed by atoms with Gasteiger partial charge in [0.15, 0.2) is 11.5 Å². The Morgan fingerprint density at radius 2 is 1.93 bits per heavy atom. The molecule has 2 fully saturated rings. The first kappa shape index (κ1) is 27.9. The number of methoxy groups -OCH3 is 1. The van der Waals surface area contributed by atoms with Crippen LogP contribution in [0.4, 0.5) is 10.5 Å². The molecule has 0 bridgehead atoms. The van der Waals surface area contributed by atoms with Crippen molar-refractivity contribution >= 4 is 23.5 Å². The number of ether oxygens (including phenoxy) is 2. The van der Waals surface area contributed by atoms with Gasteiger partial charge in [0.2, 0.25) is 5.91 Å². The zero-order valence-electron chi connectivity index (χ0n) is 23.2. The second kappa shape index (κ2) is 13.2. The summed E-state index contributed by atoms with van der Waals surface area (Å²) in [6, 6.07) is 17.5. The first-order chi connectivity index (χ1) is 20.0. The van der Waals surface area contributed by atoms with E-state index in [4.69, 9.17) is 9.47 Å². The van der Waals surface area contributed by atoms with Crippen LogP contribution in [0.3, 0.4) is 0 Å². The number of pyridine rings is 1. The Morgan fingerprint density at radius 3 is 2.71 bits per heavy atom. The Bertz CT molecular complexity index is 1380. The molecule has 2 saturated heterocycles. The third-order valence-corrected chi connectivity index (χ3v) is 7.33. The molecule has 0 unspecified atom stereocenters. The summed E-state index contributed by atoms with van der Waals surface area (Å²) >= 11 is 0. The van der Waals surface area contributed by atoms with E-state index < -0.39 is 6.04 Å². The second-order valence-corrected chi connectivity index (χ2v) is 10.1. The van der Waals surface area contributed by atoms with E-state index in [-0.39, 0.29) is 24.4 Å². The lowest BCUT2D eigenvalue weighted by atomic mass is 10.0. The van der Waals surface area contributed by atoms with E-state index in [0.29, 0.717) is 61.8 Å². The number of benzene rings is 2. The highest BCUT2D eigenvalue weighted by Gasteiger charge is 2.32. The molecule has 1 atom stereocenters. The molecule has 214 valence electrons. The van der Waals surface area contributed by atoms with Crippen molar-refractivity contribution in [3.63, 3.8) is 0 Å². The van der Waals surface area contributed by atoms with Crippen molar-refractivity contribution < 1.29 is 23.9 Å². The molecule has 2 aliphatic rings. The summed E-state index contributed by atoms with van der Waals surface area (Å²) in [6.07, 6.45) is 4.67. The van der Waals surface area contributed by atoms with Crippen LogP contribution >= 0.6 is 0 Å². The van der Waals surface area contributed by atoms with Crippen LogP contribution < -0.4 is 25.0 Å². The first-order valence-electron chi connectivity index (χ1n) is 14.0. The highest BCUT2D eigenvalue weighted by Crippen LogP contribution is 2.30. The molecule has 41 heavy (non-hydrogen) atoms. The number of carbonyl (C=O) groups excluding carboxylic acids is 3. The normalized spacial score (nSPS) is 16.9. The quantitative estimate of drug-likeness (QED) is 0.394. The Morgan fingerprint density at radius 1 is 1.02 bits per heavy atom. The van der Waals surface area contributed by atoms with Crippen LogP contribution in [0.1, 0.15) is 40.9 Å². The van der Waals surface area contributed by atoms with Crippen LogP contribution in [-0.2, 0) is 17.8 Å². The molecule has 0 radical (unpaired) electrons. The minimum Gasteiger partial charge on any atom is -0.493 e. The van der Waals surface area contributed by atoms with Crippen molar-refractivity contribution in [2.75, 3.05) is 38.3 Å². The maximum Gasteiger partial charge on any atom is 0.321 e. The number of nitrogens with zero attached hydrogens (tertiary/aromatic N) is 3. The number of hydrogen-bond acceptors (Lipinski definition) is 6. The summed E-state index contributed by atoms with van der Waals surface area (Å²) in [5.74, 6) is 0.702. The van der Waals surface area contributed by atoms with Crippen LogP contribution in [0.2, 0.25) is 0 Å². The highest BCUT2D eigenvalue weighted by atomic mass is 16.5. The molecule has 3 aromatic rings. The van der Waals surface area contributed by atoms with Gasteiger partial charge in [-0.15, -0.1) is 0 Å². The van der Waals surface area contributed by atoms with Crippen LogP contribution in [0.25, 0.3) is 0 Å². The van der Waals surface area contributed by atoms with Gasteiger partial charge in [-0.3, -0.25) is 19.5 Å². The maximum absolute atomic E-state index is 14.0. The van der Waals surface area contributed by atoms with E-state index in [9.17, 15) is 14.4 Å². The molecule has 0 saturated carbocycles. The summed E-state index contributed by atoms with van der Waals surface area (Å²) in [5, 5.41) is 5.74. The molecule has 5 rings (SSSR count). The molecule has 0 aliphatic carbocycles. The molecule has 4 amide bonds. The van der Waals surface area contributed by atoms with Crippen LogP contribution in [0.15, 0.2) is 66.9 Å². The standard InChI is InChI=1S/C31H35N5O5/c1-40-28-19-22(11-12-27(28)41-18-13-24-8-2-4-14-32-24)21-36(26-10-3-5-15-33-29(26)37)30(38)23-7-6-9-25(20-23)35-17-16-34-31(35)39/h2,4,6-9,11-12,14,19-20,26H,3,5,10,13,15-18,21H2,1H3,(H,33,37)(H,34,39)/t26-/m0/s1. The van der Waals surface area contributed by atoms with E-state index in [0.717, 1.165) is 24.1 Å². The molecule has 1 aromatic heterocycles. The third-order valence-electron chi connectivity index (χ3n) is 7.33. The largest absolute Gasteiger partial charge is 0.493 e. The zero-order chi connectivity index (χ0) is 28.6. The Hall–Kier alpha value is -4.60. The lowest BCUT2D eigenvalue weighted by Gasteiger charge is -2.30. The molecular weight excluding hydrogens is 522 g/mol. The molecule has 2 aromatic carbocycles. The summed E-state index contributed by atoms with van der Waals surface area (Å²) in [6.45, 7) is 2.31. The van der Waals surface area contributed by atoms with Crippen molar-refractivity contribution in [2.24, 2.45) is 0 Å². The summed E-state index contributed by atoms with van der Waals surface area (Å²) < 4.78 is 11.6. The number of urea groups is 1. The molecule has 2 aliphatic heterocycles. The van der Waals surface area contributed by atoms with Crippen molar-refractivity contribution in [1.82, 2.24) is 20.5 Å². The Balaban J connectivity index is 1.37. The number of hydrogen-bond donors (Lipinski definition) is 2. The first-order valence-corrected chi connectivity index (χ1v) is 14.0. The second-order valence-electron chi connectivity index (χ2n) is 10.1. The van der Waals surface area contributed by atoms with Crippen LogP contribution in [0, 0.1) is 0 Å². The lowest BCUT2D eigenvalue weighted by molar-refractivity contribution is -0.125. The van der Waals surface area contributed by atoms with Crippen LogP contribution in [-0.4, -0.2) is 67.1 Å². The van der Waals surface area contributed by atoms with E-state index in [2.05, 4.69) is 15.6 Å². The van der Waals surface area contributed by atoms with Gasteiger partial charge in [0.25, 0.3) is 5.91 Å². The fraction of sp³-hybridized carbons (Fsp3) is 0.355. The van der Waals surface area contributed by atoms with Gasteiger partial charge in [-0.2, -0.15) is 0 Å². The summed E-state index contributed by atoms with van der Waals surface area (Å²) in [7, 11) is 1.58. The van der Waals surface area contributed by atoms with E-state index in [1.807, 2.05) is 42.5 Å². The average Bonchev–Trinajstić information content (AvgIpc) is 3.32. The predicted octanol–water partition coefficient (Wildman–Crippen LogP) is 3.55. The van der Waals surface area contributed by atoms with Gasteiger partial charge in [0, 0.05) is 55.7 Å². The topological polar surface area (TPSA) is 113 Å². The minimum atomic E-state index is -0.621. The Labute approximate surface area is 239 Å². The van der Waals surface area contributed by atoms with Crippen molar-refractivity contribution in [3.05, 3.63) is 83.7 Å². The fourth-order valence-corrected chi connectivity index (χ4v) is 5.17. The lowest BCUT2D eigenvalue weighted by Crippen LogP contribution is -2.48. The number of aromatic nitrogens is 1. The molecule has 10 heteroatoms. The van der Waals surface area contributed by atoms with E-state index in [1.165, 1.54) is 0 Å². The smallest absolute Gasteiger partial charge is 0.321 e. The fourth-order valence-electron chi connectivity index (χ4n) is 5.17. The van der Waals surface area contributed by atoms with E-state index >= 15 is 0 Å². The molecule has 0 spiro atoms. The third kappa shape index (κ3) is 6.77. The zero-order valence-corrected chi connectivity index (χ0v) is 23.2. The van der Waals surface area contributed by atoms with Gasteiger partial charge >= 0.3 is 6.03 Å². The van der Waals surface area contributed by atoms with Crippen molar-refractivity contribution in [3.8, 4) is 11.5 Å². The minimum absolute atomic E-state index is 0.160. The average molecular weight is 558 g/mol. The number of carbonyl (C=O) groups is 3. The predicted molar refractivity (Wildman–Crippen MR) is 154 cm³/mol. The number of rotatable bonds is 10. The van der Waals surface area contributed by atoms with Gasteiger partial charge in [-0.25, -0.2) is 4.79 Å². The van der Waals surface area contributed by atoms with Gasteiger partial charge in [0.05, 0.1) is 13.7 Å². The van der Waals surface area contributed by atoms with Gasteiger partial charge in [-0.1, -0.05) is 18.2 Å². The summed E-state index contributed by atoms with van der Waals surface area (Å²) in [4.78, 5) is 46.9. The molecular formula is C31H35N5O5. The number of anilines is 1. The summed E-state index contributed by atoms with van der Waals surface area (Å²) in [5.41, 5.74) is 2.80. The molecule has 3 heterocycles. The van der Waals surface area contributed by atoms with Crippen LogP contribution in [0.5, 0.6) is 11.5 Å². The number of amides is 4. The Kier molecular flexibility index (Phi) is 8.98. The molecule has 2 N–H and O–H groups in total.